The summed E-state index contributed by atoms with van der Waals surface area (Å²) < 4.78 is 1.91. The molecule has 3 rings (SSSR count). The first-order valence-corrected chi connectivity index (χ1v) is 8.44. The van der Waals surface area contributed by atoms with Crippen molar-refractivity contribution < 1.29 is 4.79 Å². The second kappa shape index (κ2) is 7.42. The molecule has 0 aromatic carbocycles. The highest BCUT2D eigenvalue weighted by atomic mass is 16.2. The van der Waals surface area contributed by atoms with Crippen LogP contribution in [0.4, 0.5) is 5.95 Å². The summed E-state index contributed by atoms with van der Waals surface area (Å²) >= 11 is 0. The molecule has 2 aromatic rings. The third-order valence-corrected chi connectivity index (χ3v) is 4.32. The van der Waals surface area contributed by atoms with Gasteiger partial charge in [-0.15, -0.1) is 0 Å². The predicted molar refractivity (Wildman–Crippen MR) is 91.8 cm³/mol. The lowest BCUT2D eigenvalue weighted by atomic mass is 10.3. The molecule has 0 bridgehead atoms. The van der Waals surface area contributed by atoms with Crippen molar-refractivity contribution >= 4 is 11.9 Å². The van der Waals surface area contributed by atoms with Crippen LogP contribution in [0.15, 0.2) is 24.5 Å². The zero-order chi connectivity index (χ0) is 16.9. The number of hydrogen-bond acceptors (Lipinski definition) is 5. The molecule has 0 N–H and O–H groups in total. The number of aromatic nitrogens is 4. The Kier molecular flexibility index (Phi) is 5.08. The smallest absolute Gasteiger partial charge is 0.225 e. The minimum Gasteiger partial charge on any atom is -0.341 e. The molecule has 7 nitrogen and oxygen atoms in total. The van der Waals surface area contributed by atoms with Gasteiger partial charge in [-0.3, -0.25) is 9.48 Å². The molecule has 0 spiro atoms. The van der Waals surface area contributed by atoms with Crippen molar-refractivity contribution in [3.63, 3.8) is 0 Å². The Hall–Kier alpha value is -2.44. The Balaban J connectivity index is 1.54. The second-order valence-electron chi connectivity index (χ2n) is 6.17. The molecular weight excluding hydrogens is 304 g/mol. The molecule has 0 saturated carbocycles. The summed E-state index contributed by atoms with van der Waals surface area (Å²) in [5.74, 6) is 0.938. The Bertz CT molecular complexity index is 684. The SMILES string of the molecule is Cc1cc(C)n(CCC(=O)N2CCCN(c3ncccn3)CC2)n1. The highest BCUT2D eigenvalue weighted by Gasteiger charge is 2.20. The first-order chi connectivity index (χ1) is 11.6. The molecule has 1 amide bonds. The van der Waals surface area contributed by atoms with Crippen molar-refractivity contribution in [1.82, 2.24) is 24.6 Å². The van der Waals surface area contributed by atoms with Gasteiger partial charge in [-0.25, -0.2) is 9.97 Å². The van der Waals surface area contributed by atoms with E-state index in [-0.39, 0.29) is 5.91 Å². The Morgan fingerprint density at radius 3 is 2.62 bits per heavy atom. The van der Waals surface area contributed by atoms with Gasteiger partial charge in [0.1, 0.15) is 0 Å². The number of aryl methyl sites for hydroxylation is 3. The van der Waals surface area contributed by atoms with Crippen LogP contribution in [-0.2, 0) is 11.3 Å². The molecule has 128 valence electrons. The first-order valence-electron chi connectivity index (χ1n) is 8.44. The minimum absolute atomic E-state index is 0.193. The largest absolute Gasteiger partial charge is 0.341 e. The van der Waals surface area contributed by atoms with Gasteiger partial charge in [0.05, 0.1) is 5.69 Å². The molecule has 0 radical (unpaired) electrons. The van der Waals surface area contributed by atoms with Crippen molar-refractivity contribution in [2.24, 2.45) is 0 Å². The van der Waals surface area contributed by atoms with Gasteiger partial charge in [0.2, 0.25) is 11.9 Å². The summed E-state index contributed by atoms with van der Waals surface area (Å²) in [6.45, 7) is 7.80. The highest BCUT2D eigenvalue weighted by Crippen LogP contribution is 2.11. The lowest BCUT2D eigenvalue weighted by Crippen LogP contribution is -2.36. The van der Waals surface area contributed by atoms with Gasteiger partial charge in [-0.2, -0.15) is 5.10 Å². The number of anilines is 1. The molecule has 1 saturated heterocycles. The van der Waals surface area contributed by atoms with E-state index in [0.717, 1.165) is 43.4 Å². The van der Waals surface area contributed by atoms with Crippen molar-refractivity contribution in [1.29, 1.82) is 0 Å². The van der Waals surface area contributed by atoms with E-state index in [1.54, 1.807) is 12.4 Å². The summed E-state index contributed by atoms with van der Waals surface area (Å²) in [6, 6.07) is 3.85. The van der Waals surface area contributed by atoms with Crippen LogP contribution in [-0.4, -0.2) is 56.7 Å². The molecule has 1 fully saturated rings. The minimum atomic E-state index is 0.193. The fraction of sp³-hybridized carbons (Fsp3) is 0.529. The van der Waals surface area contributed by atoms with E-state index in [2.05, 4.69) is 20.0 Å². The van der Waals surface area contributed by atoms with Gasteiger partial charge in [-0.05, 0) is 32.4 Å². The van der Waals surface area contributed by atoms with Gasteiger partial charge >= 0.3 is 0 Å². The third-order valence-electron chi connectivity index (χ3n) is 4.32. The molecule has 1 aliphatic rings. The van der Waals surface area contributed by atoms with Crippen LogP contribution in [0, 0.1) is 13.8 Å². The summed E-state index contributed by atoms with van der Waals surface area (Å²) in [5, 5.41) is 4.42. The lowest BCUT2D eigenvalue weighted by Gasteiger charge is -2.22. The number of carbonyl (C=O) groups is 1. The average molecular weight is 328 g/mol. The topological polar surface area (TPSA) is 67.2 Å². The monoisotopic (exact) mass is 328 g/mol. The van der Waals surface area contributed by atoms with Crippen LogP contribution in [0.5, 0.6) is 0 Å². The van der Waals surface area contributed by atoms with Crippen LogP contribution < -0.4 is 4.90 Å². The highest BCUT2D eigenvalue weighted by molar-refractivity contribution is 5.76. The Morgan fingerprint density at radius 1 is 1.12 bits per heavy atom. The van der Waals surface area contributed by atoms with Crippen LogP contribution in [0.1, 0.15) is 24.2 Å². The number of hydrogen-bond donors (Lipinski definition) is 0. The lowest BCUT2D eigenvalue weighted by molar-refractivity contribution is -0.131. The third kappa shape index (κ3) is 3.90. The first kappa shape index (κ1) is 16.4. The van der Waals surface area contributed by atoms with E-state index in [1.807, 2.05) is 35.6 Å². The predicted octanol–water partition coefficient (Wildman–Crippen LogP) is 1.42. The van der Waals surface area contributed by atoms with Gasteiger partial charge in [0.15, 0.2) is 0 Å². The van der Waals surface area contributed by atoms with Gasteiger partial charge in [-0.1, -0.05) is 0 Å². The quantitative estimate of drug-likeness (QED) is 0.849. The summed E-state index contributed by atoms with van der Waals surface area (Å²) in [6.07, 6.45) is 4.93. The molecule has 3 heterocycles. The van der Waals surface area contributed by atoms with E-state index in [0.29, 0.717) is 19.5 Å². The fourth-order valence-electron chi connectivity index (χ4n) is 3.08. The van der Waals surface area contributed by atoms with Crippen molar-refractivity contribution in [2.45, 2.75) is 33.2 Å². The van der Waals surface area contributed by atoms with Crippen molar-refractivity contribution in [2.75, 3.05) is 31.1 Å². The second-order valence-corrected chi connectivity index (χ2v) is 6.17. The van der Waals surface area contributed by atoms with Crippen LogP contribution in [0.3, 0.4) is 0 Å². The summed E-state index contributed by atoms with van der Waals surface area (Å²) in [5.41, 5.74) is 2.09. The summed E-state index contributed by atoms with van der Waals surface area (Å²) in [7, 11) is 0. The average Bonchev–Trinajstić information content (AvgIpc) is 2.79. The van der Waals surface area contributed by atoms with Crippen LogP contribution >= 0.6 is 0 Å². The molecule has 7 heteroatoms. The molecule has 0 unspecified atom stereocenters. The van der Waals surface area contributed by atoms with Crippen molar-refractivity contribution in [3.8, 4) is 0 Å². The van der Waals surface area contributed by atoms with Crippen LogP contribution in [0.25, 0.3) is 0 Å². The van der Waals surface area contributed by atoms with Gasteiger partial charge in [0.25, 0.3) is 0 Å². The molecule has 24 heavy (non-hydrogen) atoms. The number of amides is 1. The zero-order valence-electron chi connectivity index (χ0n) is 14.4. The maximum atomic E-state index is 12.5. The Morgan fingerprint density at radius 2 is 1.92 bits per heavy atom. The normalized spacial score (nSPS) is 15.4. The molecule has 0 aliphatic carbocycles. The van der Waals surface area contributed by atoms with E-state index in [9.17, 15) is 4.79 Å². The molecule has 0 atom stereocenters. The maximum absolute atomic E-state index is 12.5. The standard InChI is InChI=1S/C17H24N6O/c1-14-13-15(2)23(20-14)10-5-16(24)21-8-4-9-22(12-11-21)17-18-6-3-7-19-17/h3,6-7,13H,4-5,8-12H2,1-2H3. The van der Waals surface area contributed by atoms with Crippen LogP contribution in [0.2, 0.25) is 0 Å². The van der Waals surface area contributed by atoms with Gasteiger partial charge in [0, 0.05) is 57.2 Å². The molecular formula is C17H24N6O. The number of carbonyl (C=O) groups excluding carboxylic acids is 1. The van der Waals surface area contributed by atoms with E-state index >= 15 is 0 Å². The van der Waals surface area contributed by atoms with E-state index in [4.69, 9.17) is 0 Å². The zero-order valence-corrected chi connectivity index (χ0v) is 14.4. The molecule has 2 aromatic heterocycles. The van der Waals surface area contributed by atoms with E-state index in [1.165, 1.54) is 0 Å². The van der Waals surface area contributed by atoms with E-state index < -0.39 is 0 Å². The number of rotatable bonds is 4. The molecule has 1 aliphatic heterocycles. The summed E-state index contributed by atoms with van der Waals surface area (Å²) in [4.78, 5) is 25.2. The Labute approximate surface area is 142 Å². The van der Waals surface area contributed by atoms with Gasteiger partial charge < -0.3 is 9.80 Å². The van der Waals surface area contributed by atoms with Crippen molar-refractivity contribution in [3.05, 3.63) is 35.9 Å². The number of nitrogens with zero attached hydrogens (tertiary/aromatic N) is 6. The maximum Gasteiger partial charge on any atom is 0.225 e. The fourth-order valence-corrected chi connectivity index (χ4v) is 3.08.